The Morgan fingerprint density at radius 3 is 2.52 bits per heavy atom. The van der Waals surface area contributed by atoms with E-state index in [-0.39, 0.29) is 23.9 Å². The van der Waals surface area contributed by atoms with Crippen molar-refractivity contribution >= 4 is 17.7 Å². The number of hydrogen-bond donors (Lipinski definition) is 1. The maximum Gasteiger partial charge on any atom is 0.354 e. The highest BCUT2D eigenvalue weighted by Gasteiger charge is 2.30. The number of hydrogen-bond acceptors (Lipinski definition) is 5. The van der Waals surface area contributed by atoms with E-state index in [0.717, 1.165) is 0 Å². The third-order valence-corrected chi connectivity index (χ3v) is 4.23. The van der Waals surface area contributed by atoms with Gasteiger partial charge in [-0.25, -0.2) is 4.79 Å². The van der Waals surface area contributed by atoms with Gasteiger partial charge < -0.3 is 19.0 Å². The summed E-state index contributed by atoms with van der Waals surface area (Å²) in [5.74, 6) is -0.432. The number of Topliss-reactive ketones (excluding diaryl/α,β-unsaturated/α-hetero) is 1. The summed E-state index contributed by atoms with van der Waals surface area (Å²) in [6, 6.07) is 2.76. The molecule has 0 aliphatic carbocycles. The molecule has 25 heavy (non-hydrogen) atoms. The van der Waals surface area contributed by atoms with Gasteiger partial charge in [0.25, 0.3) is 0 Å². The summed E-state index contributed by atoms with van der Waals surface area (Å²) in [6.07, 6.45) is 1.52. The molecule has 134 valence electrons. The fourth-order valence-corrected chi connectivity index (χ4v) is 2.87. The Kier molecular flexibility index (Phi) is 5.46. The van der Waals surface area contributed by atoms with Crippen LogP contribution in [0.3, 0.4) is 0 Å². The minimum absolute atomic E-state index is 0.196. The van der Waals surface area contributed by atoms with Crippen LogP contribution in [0.5, 0.6) is 0 Å². The van der Waals surface area contributed by atoms with E-state index in [4.69, 9.17) is 9.15 Å². The lowest BCUT2D eigenvalue weighted by Gasteiger charge is -2.26. The molecule has 0 aromatic carbocycles. The predicted octanol–water partition coefficient (Wildman–Crippen LogP) is 2.63. The summed E-state index contributed by atoms with van der Waals surface area (Å²) in [4.78, 5) is 41.2. The van der Waals surface area contributed by atoms with Gasteiger partial charge in [-0.15, -0.1) is 0 Å². The number of ketones is 1. The van der Waals surface area contributed by atoms with Gasteiger partial charge in [0.05, 0.1) is 26.0 Å². The molecule has 2 aromatic rings. The molecule has 0 spiro atoms. The second-order valence-electron chi connectivity index (χ2n) is 5.88. The van der Waals surface area contributed by atoms with Crippen LogP contribution < -0.4 is 0 Å². The fourth-order valence-electron chi connectivity index (χ4n) is 2.87. The summed E-state index contributed by atoms with van der Waals surface area (Å²) < 4.78 is 10.00. The predicted molar refractivity (Wildman–Crippen MR) is 90.3 cm³/mol. The Morgan fingerprint density at radius 2 is 2.00 bits per heavy atom. The van der Waals surface area contributed by atoms with Crippen LogP contribution in [0, 0.1) is 13.8 Å². The topological polar surface area (TPSA) is 92.6 Å². The first-order valence-electron chi connectivity index (χ1n) is 7.89. The lowest BCUT2D eigenvalue weighted by molar-refractivity contribution is -0.131. The van der Waals surface area contributed by atoms with E-state index in [2.05, 4.69) is 4.98 Å². The monoisotopic (exact) mass is 346 g/mol. The number of aryl methyl sites for hydroxylation is 1. The number of nitrogens with zero attached hydrogens (tertiary/aromatic N) is 1. The van der Waals surface area contributed by atoms with Crippen LogP contribution in [0.1, 0.15) is 51.7 Å². The molecule has 7 nitrogen and oxygen atoms in total. The van der Waals surface area contributed by atoms with Gasteiger partial charge in [0.1, 0.15) is 11.5 Å². The number of methoxy groups -OCH3 is 1. The molecule has 1 unspecified atom stereocenters. The highest BCUT2D eigenvalue weighted by molar-refractivity contribution is 6.06. The molecule has 0 saturated heterocycles. The van der Waals surface area contributed by atoms with Gasteiger partial charge in [0.15, 0.2) is 5.78 Å². The smallest absolute Gasteiger partial charge is 0.354 e. The van der Waals surface area contributed by atoms with Crippen molar-refractivity contribution in [3.63, 3.8) is 0 Å². The summed E-state index contributed by atoms with van der Waals surface area (Å²) in [5, 5.41) is 0. The highest BCUT2D eigenvalue weighted by atomic mass is 16.5. The Labute approximate surface area is 145 Å². The first-order valence-corrected chi connectivity index (χ1v) is 7.89. The molecule has 0 fully saturated rings. The van der Waals surface area contributed by atoms with Gasteiger partial charge in [-0.1, -0.05) is 0 Å². The zero-order chi connectivity index (χ0) is 18.7. The number of aromatic nitrogens is 1. The second kappa shape index (κ2) is 7.38. The van der Waals surface area contributed by atoms with E-state index in [1.807, 2.05) is 0 Å². The minimum atomic E-state index is -0.707. The fraction of sp³-hybridized carbons (Fsp3) is 0.389. The molecule has 0 aliphatic rings. The van der Waals surface area contributed by atoms with E-state index < -0.39 is 12.0 Å². The maximum atomic E-state index is 13.0. The van der Waals surface area contributed by atoms with E-state index in [1.165, 1.54) is 25.2 Å². The normalized spacial score (nSPS) is 11.9. The van der Waals surface area contributed by atoms with E-state index in [0.29, 0.717) is 22.6 Å². The number of rotatable bonds is 6. The number of furan rings is 1. The van der Waals surface area contributed by atoms with Gasteiger partial charge in [-0.2, -0.15) is 0 Å². The molecule has 2 heterocycles. The average Bonchev–Trinajstić information content (AvgIpc) is 3.18. The second-order valence-corrected chi connectivity index (χ2v) is 5.88. The summed E-state index contributed by atoms with van der Waals surface area (Å²) in [6.45, 7) is 6.66. The Bertz CT molecular complexity index is 789. The molecule has 7 heteroatoms. The SMILES string of the molecule is COC(=O)c1[nH]c(C)c(C(=O)C(C)N(Cc2ccco2)C(C)=O)c1C. The van der Waals surface area contributed by atoms with Crippen molar-refractivity contribution < 1.29 is 23.5 Å². The van der Waals surface area contributed by atoms with E-state index in [9.17, 15) is 14.4 Å². The molecule has 1 amide bonds. The lowest BCUT2D eigenvalue weighted by atomic mass is 9.99. The van der Waals surface area contributed by atoms with Crippen LogP contribution in [-0.4, -0.2) is 40.7 Å². The number of carbonyl (C=O) groups is 3. The largest absolute Gasteiger partial charge is 0.467 e. The summed E-state index contributed by atoms with van der Waals surface area (Å²) in [7, 11) is 1.28. The van der Waals surface area contributed by atoms with E-state index in [1.54, 1.807) is 32.9 Å². The molecule has 2 aromatic heterocycles. The average molecular weight is 346 g/mol. The van der Waals surface area contributed by atoms with Gasteiger partial charge in [0.2, 0.25) is 5.91 Å². The van der Waals surface area contributed by atoms with Crippen LogP contribution in [0.15, 0.2) is 22.8 Å². The zero-order valence-electron chi connectivity index (χ0n) is 15.0. The lowest BCUT2D eigenvalue weighted by Crippen LogP contribution is -2.41. The Morgan fingerprint density at radius 1 is 1.32 bits per heavy atom. The van der Waals surface area contributed by atoms with Crippen LogP contribution in [0.25, 0.3) is 0 Å². The first kappa shape index (κ1) is 18.5. The Balaban J connectivity index is 2.33. The number of esters is 1. The van der Waals surface area contributed by atoms with Gasteiger partial charge in [-0.3, -0.25) is 9.59 Å². The van der Waals surface area contributed by atoms with Crippen LogP contribution in [-0.2, 0) is 16.1 Å². The first-order chi connectivity index (χ1) is 11.8. The molecular formula is C18H22N2O5. The maximum absolute atomic E-state index is 13.0. The quantitative estimate of drug-likeness (QED) is 0.641. The minimum Gasteiger partial charge on any atom is -0.467 e. The van der Waals surface area contributed by atoms with Crippen molar-refractivity contribution in [2.24, 2.45) is 0 Å². The molecule has 1 N–H and O–H groups in total. The van der Waals surface area contributed by atoms with Crippen molar-refractivity contribution in [1.29, 1.82) is 0 Å². The number of amides is 1. The van der Waals surface area contributed by atoms with Crippen LogP contribution >= 0.6 is 0 Å². The summed E-state index contributed by atoms with van der Waals surface area (Å²) in [5.41, 5.74) is 1.73. The highest BCUT2D eigenvalue weighted by Crippen LogP contribution is 2.22. The molecule has 0 radical (unpaired) electrons. The van der Waals surface area contributed by atoms with Gasteiger partial charge in [0, 0.05) is 18.2 Å². The molecule has 1 atom stereocenters. The van der Waals surface area contributed by atoms with Gasteiger partial charge in [-0.05, 0) is 38.5 Å². The van der Waals surface area contributed by atoms with E-state index >= 15 is 0 Å². The Hall–Kier alpha value is -2.83. The number of aromatic amines is 1. The van der Waals surface area contributed by atoms with Crippen molar-refractivity contribution in [2.75, 3.05) is 7.11 Å². The van der Waals surface area contributed by atoms with Crippen LogP contribution in [0.4, 0.5) is 0 Å². The molecule has 0 saturated carbocycles. The molecule has 0 aliphatic heterocycles. The third kappa shape index (κ3) is 3.65. The number of H-pyrrole nitrogens is 1. The molecule has 0 bridgehead atoms. The van der Waals surface area contributed by atoms with Crippen LogP contribution in [0.2, 0.25) is 0 Å². The number of nitrogens with one attached hydrogen (secondary N) is 1. The third-order valence-electron chi connectivity index (χ3n) is 4.23. The molecular weight excluding hydrogens is 324 g/mol. The van der Waals surface area contributed by atoms with Crippen molar-refractivity contribution in [1.82, 2.24) is 9.88 Å². The van der Waals surface area contributed by atoms with Crippen molar-refractivity contribution in [3.8, 4) is 0 Å². The standard InChI is InChI=1S/C18H22N2O5/c1-10-15(11(2)19-16(10)18(23)24-5)17(22)12(3)20(13(4)21)9-14-7-6-8-25-14/h6-8,12,19H,9H2,1-5H3. The number of carbonyl (C=O) groups excluding carboxylic acids is 3. The van der Waals surface area contributed by atoms with Crippen molar-refractivity contribution in [3.05, 3.63) is 46.7 Å². The zero-order valence-corrected chi connectivity index (χ0v) is 15.0. The number of ether oxygens (including phenoxy) is 1. The summed E-state index contributed by atoms with van der Waals surface area (Å²) >= 11 is 0. The van der Waals surface area contributed by atoms with Gasteiger partial charge >= 0.3 is 5.97 Å². The van der Waals surface area contributed by atoms with Crippen molar-refractivity contribution in [2.45, 2.75) is 40.3 Å². The molecule has 2 rings (SSSR count).